The molecule has 0 amide bonds. The molecule has 2 N–H and O–H groups in total. The molecular weight excluding hydrogens is 289 g/mol. The van der Waals surface area contributed by atoms with Gasteiger partial charge in [0.2, 0.25) is 0 Å². The van der Waals surface area contributed by atoms with Crippen LogP contribution in [0, 0.1) is 0 Å². The number of benzene rings is 1. The van der Waals surface area contributed by atoms with Gasteiger partial charge in [0.25, 0.3) is 0 Å². The van der Waals surface area contributed by atoms with Crippen LogP contribution in [0.2, 0.25) is 0 Å². The van der Waals surface area contributed by atoms with E-state index in [4.69, 9.17) is 5.73 Å². The van der Waals surface area contributed by atoms with Gasteiger partial charge in [-0.1, -0.05) is 13.8 Å². The normalized spacial score (nSPS) is 13.7. The van der Waals surface area contributed by atoms with Gasteiger partial charge in [0.05, 0.1) is 21.3 Å². The predicted octanol–water partition coefficient (Wildman–Crippen LogP) is 2.74. The van der Waals surface area contributed by atoms with Crippen molar-refractivity contribution in [1.82, 2.24) is 4.90 Å². The summed E-state index contributed by atoms with van der Waals surface area (Å²) in [5.41, 5.74) is 4.69. The third-order valence-electron chi connectivity index (χ3n) is 3.07. The Balaban J connectivity index is 2.79. The Labute approximate surface area is 119 Å². The Kier molecular flexibility index (Phi) is 6.01. The van der Waals surface area contributed by atoms with E-state index >= 15 is 0 Å². The number of hydrogen-bond acceptors (Lipinski definition) is 3. The SMILES string of the molecule is CCN(CC)CCS(=O)c1ccc(C(F)(F)F)cc1N. The second-order valence-corrected chi connectivity index (χ2v) is 5.87. The molecule has 1 aromatic carbocycles. The molecule has 0 radical (unpaired) electrons. The van der Waals surface area contributed by atoms with E-state index in [1.165, 1.54) is 6.07 Å². The maximum Gasteiger partial charge on any atom is 0.416 e. The van der Waals surface area contributed by atoms with E-state index in [9.17, 15) is 17.4 Å². The molecule has 0 saturated carbocycles. The highest BCUT2D eigenvalue weighted by Crippen LogP contribution is 2.32. The third-order valence-corrected chi connectivity index (χ3v) is 4.49. The average Bonchev–Trinajstić information content (AvgIpc) is 2.38. The molecule has 0 heterocycles. The second-order valence-electron chi connectivity index (χ2n) is 4.33. The zero-order chi connectivity index (χ0) is 15.3. The van der Waals surface area contributed by atoms with Gasteiger partial charge in [-0.2, -0.15) is 13.2 Å². The molecule has 0 aliphatic carbocycles. The maximum atomic E-state index is 12.5. The van der Waals surface area contributed by atoms with Crippen molar-refractivity contribution in [2.24, 2.45) is 0 Å². The zero-order valence-corrected chi connectivity index (χ0v) is 12.4. The summed E-state index contributed by atoms with van der Waals surface area (Å²) in [7, 11) is -1.39. The van der Waals surface area contributed by atoms with Crippen molar-refractivity contribution in [3.8, 4) is 0 Å². The monoisotopic (exact) mass is 308 g/mol. The molecule has 0 aliphatic rings. The van der Waals surface area contributed by atoms with Crippen LogP contribution in [-0.2, 0) is 17.0 Å². The van der Waals surface area contributed by atoms with Gasteiger partial charge in [-0.25, -0.2) is 0 Å². The molecule has 0 bridgehead atoms. The Hall–Kier alpha value is -1.08. The molecule has 1 rings (SSSR count). The molecule has 0 fully saturated rings. The van der Waals surface area contributed by atoms with Gasteiger partial charge in [-0.05, 0) is 31.3 Å². The van der Waals surface area contributed by atoms with Crippen molar-refractivity contribution in [2.45, 2.75) is 24.9 Å². The third kappa shape index (κ3) is 4.49. The first-order valence-corrected chi connectivity index (χ1v) is 7.68. The second kappa shape index (κ2) is 7.08. The van der Waals surface area contributed by atoms with Gasteiger partial charge >= 0.3 is 6.18 Å². The van der Waals surface area contributed by atoms with E-state index in [2.05, 4.69) is 4.90 Å². The number of alkyl halides is 3. The molecule has 1 unspecified atom stereocenters. The van der Waals surface area contributed by atoms with E-state index in [-0.39, 0.29) is 10.6 Å². The minimum atomic E-state index is -4.44. The number of halogens is 3. The lowest BCUT2D eigenvalue weighted by Gasteiger charge is -2.17. The first kappa shape index (κ1) is 17.0. The summed E-state index contributed by atoms with van der Waals surface area (Å²) in [4.78, 5) is 2.36. The number of anilines is 1. The summed E-state index contributed by atoms with van der Waals surface area (Å²) in [6.45, 7) is 6.31. The first-order valence-electron chi connectivity index (χ1n) is 6.37. The summed E-state index contributed by atoms with van der Waals surface area (Å²) >= 11 is 0. The lowest BCUT2D eigenvalue weighted by molar-refractivity contribution is -0.137. The van der Waals surface area contributed by atoms with Crippen molar-refractivity contribution in [1.29, 1.82) is 0 Å². The molecule has 0 spiro atoms. The maximum absolute atomic E-state index is 12.5. The minimum absolute atomic E-state index is 0.0716. The fourth-order valence-electron chi connectivity index (χ4n) is 1.79. The van der Waals surface area contributed by atoms with E-state index < -0.39 is 22.5 Å². The summed E-state index contributed by atoms with van der Waals surface area (Å²) < 4.78 is 49.6. The topological polar surface area (TPSA) is 46.3 Å². The lowest BCUT2D eigenvalue weighted by Crippen LogP contribution is -2.27. The lowest BCUT2D eigenvalue weighted by atomic mass is 10.2. The van der Waals surface area contributed by atoms with Crippen LogP contribution in [0.3, 0.4) is 0 Å². The highest BCUT2D eigenvalue weighted by molar-refractivity contribution is 7.85. The summed E-state index contributed by atoms with van der Waals surface area (Å²) in [5.74, 6) is 0.358. The molecule has 0 aliphatic heterocycles. The minimum Gasteiger partial charge on any atom is -0.398 e. The fraction of sp³-hybridized carbons (Fsp3) is 0.538. The molecule has 7 heteroatoms. The van der Waals surface area contributed by atoms with Crippen molar-refractivity contribution in [3.05, 3.63) is 23.8 Å². The Morgan fingerprint density at radius 2 is 1.85 bits per heavy atom. The Morgan fingerprint density at radius 3 is 2.30 bits per heavy atom. The summed E-state index contributed by atoms with van der Waals surface area (Å²) in [6, 6.07) is 2.96. The molecule has 0 saturated heterocycles. The van der Waals surface area contributed by atoms with Gasteiger partial charge in [-0.3, -0.25) is 4.21 Å². The molecule has 1 atom stereocenters. The highest BCUT2D eigenvalue weighted by atomic mass is 32.2. The van der Waals surface area contributed by atoms with Gasteiger partial charge in [-0.15, -0.1) is 0 Å². The van der Waals surface area contributed by atoms with Crippen LogP contribution < -0.4 is 5.73 Å². The largest absolute Gasteiger partial charge is 0.416 e. The van der Waals surface area contributed by atoms with Crippen LogP contribution in [0.5, 0.6) is 0 Å². The Bertz CT molecular complexity index is 473. The van der Waals surface area contributed by atoms with E-state index in [0.717, 1.165) is 25.2 Å². The quantitative estimate of drug-likeness (QED) is 0.822. The van der Waals surface area contributed by atoms with Gasteiger partial charge in [0.15, 0.2) is 0 Å². The van der Waals surface area contributed by atoms with Crippen LogP contribution in [-0.4, -0.2) is 34.5 Å². The van der Waals surface area contributed by atoms with Crippen LogP contribution in [0.1, 0.15) is 19.4 Å². The van der Waals surface area contributed by atoms with E-state index in [0.29, 0.717) is 12.3 Å². The van der Waals surface area contributed by atoms with Crippen molar-refractivity contribution < 1.29 is 17.4 Å². The average molecular weight is 308 g/mol. The van der Waals surface area contributed by atoms with Crippen LogP contribution in [0.4, 0.5) is 18.9 Å². The molecule has 1 aromatic rings. The molecule has 114 valence electrons. The highest BCUT2D eigenvalue weighted by Gasteiger charge is 2.31. The van der Waals surface area contributed by atoms with Crippen LogP contribution in [0.25, 0.3) is 0 Å². The van der Waals surface area contributed by atoms with Crippen molar-refractivity contribution >= 4 is 16.5 Å². The number of rotatable bonds is 6. The molecular formula is C13H19F3N2OS. The molecule has 3 nitrogen and oxygen atoms in total. The zero-order valence-electron chi connectivity index (χ0n) is 11.5. The number of hydrogen-bond donors (Lipinski definition) is 1. The van der Waals surface area contributed by atoms with Crippen LogP contribution in [0.15, 0.2) is 23.1 Å². The van der Waals surface area contributed by atoms with Gasteiger partial charge < -0.3 is 10.6 Å². The Morgan fingerprint density at radius 1 is 1.25 bits per heavy atom. The van der Waals surface area contributed by atoms with Crippen molar-refractivity contribution in [3.63, 3.8) is 0 Å². The number of nitrogens with zero attached hydrogens (tertiary/aromatic N) is 1. The number of nitrogens with two attached hydrogens (primary N) is 1. The standard InChI is InChI=1S/C13H19F3N2OS/c1-3-18(4-2)7-8-20(19)12-6-5-10(9-11(12)17)13(14,15)16/h5-6,9H,3-4,7-8,17H2,1-2H3. The fourth-order valence-corrected chi connectivity index (χ4v) is 2.98. The summed E-state index contributed by atoms with van der Waals surface area (Å²) in [5, 5.41) is 0. The van der Waals surface area contributed by atoms with Gasteiger partial charge in [0.1, 0.15) is 0 Å². The van der Waals surface area contributed by atoms with Crippen molar-refractivity contribution in [2.75, 3.05) is 31.1 Å². The smallest absolute Gasteiger partial charge is 0.398 e. The number of nitrogen functional groups attached to an aromatic ring is 1. The first-order chi connectivity index (χ1) is 9.29. The summed E-state index contributed by atoms with van der Waals surface area (Å²) in [6.07, 6.45) is -4.44. The van der Waals surface area contributed by atoms with E-state index in [1.54, 1.807) is 0 Å². The molecule has 0 aromatic heterocycles. The van der Waals surface area contributed by atoms with E-state index in [1.807, 2.05) is 13.8 Å². The van der Waals surface area contributed by atoms with Gasteiger partial charge in [0, 0.05) is 18.0 Å². The van der Waals surface area contributed by atoms with Crippen LogP contribution >= 0.6 is 0 Å². The molecule has 20 heavy (non-hydrogen) atoms. The predicted molar refractivity (Wildman–Crippen MR) is 74.9 cm³/mol.